The maximum Gasteiger partial charge on any atom is 0.120 e. The first-order chi connectivity index (χ1) is 7.79. The highest BCUT2D eigenvalue weighted by molar-refractivity contribution is 5.87. The van der Waals surface area contributed by atoms with E-state index >= 15 is 0 Å². The fraction of sp³-hybridized carbons (Fsp3) is 0.385. The Balaban J connectivity index is 2.18. The lowest BCUT2D eigenvalue weighted by molar-refractivity contribution is 0.340. The molecule has 0 spiro atoms. The van der Waals surface area contributed by atoms with Gasteiger partial charge in [0, 0.05) is 22.6 Å². The molecule has 2 aromatic rings. The number of hydrogen-bond acceptors (Lipinski definition) is 2. The molecule has 0 fully saturated rings. The summed E-state index contributed by atoms with van der Waals surface area (Å²) in [4.78, 5) is 3.44. The first-order valence-electron chi connectivity index (χ1n) is 5.82. The van der Waals surface area contributed by atoms with E-state index in [0.717, 1.165) is 18.6 Å². The first-order valence-corrected chi connectivity index (χ1v) is 5.82. The second kappa shape index (κ2) is 3.52. The minimum absolute atomic E-state index is 0.181. The van der Waals surface area contributed by atoms with Crippen LogP contribution in [0.2, 0.25) is 0 Å². The van der Waals surface area contributed by atoms with Crippen LogP contribution in [-0.4, -0.2) is 11.6 Å². The molecule has 0 saturated heterocycles. The van der Waals surface area contributed by atoms with Gasteiger partial charge in [-0.15, -0.1) is 0 Å². The Morgan fingerprint density at radius 1 is 1.50 bits per heavy atom. The van der Waals surface area contributed by atoms with Gasteiger partial charge in [-0.1, -0.05) is 0 Å². The largest absolute Gasteiger partial charge is 0.494 e. The van der Waals surface area contributed by atoms with E-state index in [-0.39, 0.29) is 6.04 Å². The molecule has 0 radical (unpaired) electrons. The molecule has 3 heteroatoms. The van der Waals surface area contributed by atoms with Crippen LogP contribution >= 0.6 is 0 Å². The molecule has 1 heterocycles. The van der Waals surface area contributed by atoms with Gasteiger partial charge in [-0.3, -0.25) is 0 Å². The van der Waals surface area contributed by atoms with Crippen LogP contribution in [0, 0.1) is 0 Å². The third-order valence-corrected chi connectivity index (χ3v) is 3.28. The van der Waals surface area contributed by atoms with Crippen molar-refractivity contribution in [3.05, 3.63) is 29.5 Å². The van der Waals surface area contributed by atoms with E-state index in [9.17, 15) is 0 Å². The number of H-pyrrole nitrogens is 1. The van der Waals surface area contributed by atoms with Crippen LogP contribution in [0.3, 0.4) is 0 Å². The maximum atomic E-state index is 6.12. The quantitative estimate of drug-likeness (QED) is 0.810. The Hall–Kier alpha value is -1.48. The highest BCUT2D eigenvalue weighted by Crippen LogP contribution is 2.36. The summed E-state index contributed by atoms with van der Waals surface area (Å²) in [6.45, 7) is 2.70. The Morgan fingerprint density at radius 3 is 3.19 bits per heavy atom. The van der Waals surface area contributed by atoms with Crippen LogP contribution in [0.5, 0.6) is 5.75 Å². The Morgan fingerprint density at radius 2 is 2.38 bits per heavy atom. The molecular formula is C13H16N2O. The third kappa shape index (κ3) is 1.32. The van der Waals surface area contributed by atoms with E-state index in [1.165, 1.54) is 22.2 Å². The molecule has 1 aliphatic rings. The fourth-order valence-corrected chi connectivity index (χ4v) is 2.57. The smallest absolute Gasteiger partial charge is 0.120 e. The van der Waals surface area contributed by atoms with Crippen LogP contribution < -0.4 is 10.5 Å². The van der Waals surface area contributed by atoms with E-state index in [1.54, 1.807) is 0 Å². The van der Waals surface area contributed by atoms with Gasteiger partial charge in [-0.25, -0.2) is 0 Å². The molecule has 84 valence electrons. The fourth-order valence-electron chi connectivity index (χ4n) is 2.57. The van der Waals surface area contributed by atoms with E-state index in [0.29, 0.717) is 6.61 Å². The highest BCUT2D eigenvalue weighted by atomic mass is 16.5. The summed E-state index contributed by atoms with van der Waals surface area (Å²) < 4.78 is 5.52. The Bertz CT molecular complexity index is 530. The third-order valence-electron chi connectivity index (χ3n) is 3.28. The molecule has 1 aromatic heterocycles. The zero-order chi connectivity index (χ0) is 11.1. The van der Waals surface area contributed by atoms with Crippen molar-refractivity contribution in [3.63, 3.8) is 0 Å². The number of aromatic amines is 1. The average molecular weight is 216 g/mol. The van der Waals surface area contributed by atoms with Crippen LogP contribution in [0.15, 0.2) is 18.2 Å². The van der Waals surface area contributed by atoms with Crippen molar-refractivity contribution in [2.24, 2.45) is 5.73 Å². The Kier molecular flexibility index (Phi) is 2.14. The highest BCUT2D eigenvalue weighted by Gasteiger charge is 2.23. The minimum Gasteiger partial charge on any atom is -0.494 e. The number of hydrogen-bond donors (Lipinski definition) is 2. The SMILES string of the molecule is CCOc1ccc2[nH]c3c(c2c1)C(N)CC3. The van der Waals surface area contributed by atoms with E-state index in [1.807, 2.05) is 13.0 Å². The second-order valence-electron chi connectivity index (χ2n) is 4.30. The van der Waals surface area contributed by atoms with Gasteiger partial charge in [0.25, 0.3) is 0 Å². The summed E-state index contributed by atoms with van der Waals surface area (Å²) in [5, 5.41) is 1.23. The Labute approximate surface area is 94.6 Å². The van der Waals surface area contributed by atoms with Crippen molar-refractivity contribution in [3.8, 4) is 5.75 Å². The molecule has 3 rings (SSSR count). The van der Waals surface area contributed by atoms with Gasteiger partial charge in [-0.2, -0.15) is 0 Å². The van der Waals surface area contributed by atoms with Crippen LogP contribution in [0.25, 0.3) is 10.9 Å². The molecule has 3 N–H and O–H groups in total. The molecule has 0 bridgehead atoms. The summed E-state index contributed by atoms with van der Waals surface area (Å²) in [5.74, 6) is 0.927. The summed E-state index contributed by atoms with van der Waals surface area (Å²) >= 11 is 0. The van der Waals surface area contributed by atoms with E-state index in [4.69, 9.17) is 10.5 Å². The van der Waals surface area contributed by atoms with E-state index in [2.05, 4.69) is 17.1 Å². The molecule has 1 unspecified atom stereocenters. The molecule has 16 heavy (non-hydrogen) atoms. The van der Waals surface area contributed by atoms with Crippen molar-refractivity contribution in [2.75, 3.05) is 6.61 Å². The molecule has 0 saturated carbocycles. The zero-order valence-corrected chi connectivity index (χ0v) is 9.42. The topological polar surface area (TPSA) is 51.0 Å². The van der Waals surface area contributed by atoms with Crippen LogP contribution in [-0.2, 0) is 6.42 Å². The maximum absolute atomic E-state index is 6.12. The molecule has 1 aliphatic carbocycles. The van der Waals surface area contributed by atoms with Gasteiger partial charge >= 0.3 is 0 Å². The molecular weight excluding hydrogens is 200 g/mol. The number of nitrogens with one attached hydrogen (secondary N) is 1. The van der Waals surface area contributed by atoms with Crippen molar-refractivity contribution in [2.45, 2.75) is 25.8 Å². The van der Waals surface area contributed by atoms with Crippen LogP contribution in [0.4, 0.5) is 0 Å². The number of ether oxygens (including phenoxy) is 1. The van der Waals surface area contributed by atoms with Crippen molar-refractivity contribution in [1.82, 2.24) is 4.98 Å². The lowest BCUT2D eigenvalue weighted by Crippen LogP contribution is -2.04. The predicted molar refractivity (Wildman–Crippen MR) is 64.7 cm³/mol. The predicted octanol–water partition coefficient (Wildman–Crippen LogP) is 2.51. The van der Waals surface area contributed by atoms with Crippen molar-refractivity contribution >= 4 is 10.9 Å². The lowest BCUT2D eigenvalue weighted by Gasteiger charge is -2.05. The summed E-state index contributed by atoms with van der Waals surface area (Å²) in [6.07, 6.45) is 2.12. The molecule has 0 amide bonds. The van der Waals surface area contributed by atoms with Gasteiger partial charge in [0.05, 0.1) is 6.61 Å². The summed E-state index contributed by atoms with van der Waals surface area (Å²) in [7, 11) is 0. The zero-order valence-electron chi connectivity index (χ0n) is 9.42. The van der Waals surface area contributed by atoms with Gasteiger partial charge in [0.15, 0.2) is 0 Å². The van der Waals surface area contributed by atoms with E-state index < -0.39 is 0 Å². The average Bonchev–Trinajstić information content (AvgIpc) is 2.80. The van der Waals surface area contributed by atoms with Gasteiger partial charge in [-0.05, 0) is 43.5 Å². The lowest BCUT2D eigenvalue weighted by atomic mass is 10.1. The van der Waals surface area contributed by atoms with Crippen molar-refractivity contribution < 1.29 is 4.74 Å². The van der Waals surface area contributed by atoms with Crippen LogP contribution in [0.1, 0.15) is 30.6 Å². The van der Waals surface area contributed by atoms with Crippen molar-refractivity contribution in [1.29, 1.82) is 0 Å². The normalized spacial score (nSPS) is 19.0. The molecule has 3 nitrogen and oxygen atoms in total. The number of nitrogens with two attached hydrogens (primary N) is 1. The standard InChI is InChI=1S/C13H16N2O/c1-2-16-8-3-5-11-9(7-8)13-10(14)4-6-12(13)15-11/h3,5,7,10,15H,2,4,6,14H2,1H3. The number of aryl methyl sites for hydroxylation is 1. The number of aromatic nitrogens is 1. The summed E-state index contributed by atoms with van der Waals surface area (Å²) in [6, 6.07) is 6.36. The number of rotatable bonds is 2. The monoisotopic (exact) mass is 216 g/mol. The number of fused-ring (bicyclic) bond motifs is 3. The second-order valence-corrected chi connectivity index (χ2v) is 4.30. The first kappa shape index (κ1) is 9.73. The van der Waals surface area contributed by atoms with Gasteiger partial charge in [0.1, 0.15) is 5.75 Å². The molecule has 0 aliphatic heterocycles. The molecule has 1 atom stereocenters. The van der Waals surface area contributed by atoms with Gasteiger partial charge in [0.2, 0.25) is 0 Å². The minimum atomic E-state index is 0.181. The van der Waals surface area contributed by atoms with Gasteiger partial charge < -0.3 is 15.5 Å². The molecule has 1 aromatic carbocycles. The number of benzene rings is 1. The summed E-state index contributed by atoms with van der Waals surface area (Å²) in [5.41, 5.74) is 9.88.